The zero-order chi connectivity index (χ0) is 37.7. The SMILES string of the molecule is CCC(CCN(C)C)C(=O)N1CCN(C(=O)c2ccc(NC(=O)c3ncc(-c4ccc(-c5cn(CCOC)nc5Cl)c(F)c4F)n3C)cc2Cl)CC1. The van der Waals surface area contributed by atoms with E-state index in [9.17, 15) is 14.4 Å². The molecular weight excluding hydrogens is 717 g/mol. The molecule has 2 aromatic carbocycles. The quantitative estimate of drug-likeness (QED) is 0.186. The van der Waals surface area contributed by atoms with Gasteiger partial charge in [0.2, 0.25) is 5.91 Å². The molecule has 3 amide bonds. The van der Waals surface area contributed by atoms with E-state index in [2.05, 4.69) is 20.3 Å². The van der Waals surface area contributed by atoms with Gasteiger partial charge in [0.1, 0.15) is 0 Å². The Morgan fingerprint density at radius 3 is 2.33 bits per heavy atom. The largest absolute Gasteiger partial charge is 0.383 e. The number of amides is 3. The normalized spacial score (nSPS) is 13.9. The number of halogens is 4. The summed E-state index contributed by atoms with van der Waals surface area (Å²) in [6.07, 6.45) is 4.34. The fourth-order valence-electron chi connectivity index (χ4n) is 6.13. The topological polar surface area (TPSA) is 118 Å². The minimum atomic E-state index is -1.14. The Bertz CT molecular complexity index is 1940. The third kappa shape index (κ3) is 8.46. The first-order valence-corrected chi connectivity index (χ1v) is 17.7. The van der Waals surface area contributed by atoms with Crippen LogP contribution in [0.3, 0.4) is 0 Å². The van der Waals surface area contributed by atoms with Crippen LogP contribution in [0.25, 0.3) is 22.4 Å². The molecule has 1 aliphatic rings. The van der Waals surface area contributed by atoms with Gasteiger partial charge >= 0.3 is 0 Å². The predicted octanol–water partition coefficient (Wildman–Crippen LogP) is 5.70. The van der Waals surface area contributed by atoms with Gasteiger partial charge in [0.05, 0.1) is 35.6 Å². The molecule has 52 heavy (non-hydrogen) atoms. The molecule has 1 N–H and O–H groups in total. The second-order valence-corrected chi connectivity index (χ2v) is 13.6. The molecule has 16 heteroatoms. The summed E-state index contributed by atoms with van der Waals surface area (Å²) in [4.78, 5) is 49.4. The molecule has 0 radical (unpaired) electrons. The first kappa shape index (κ1) is 38.9. The van der Waals surface area contributed by atoms with Crippen molar-refractivity contribution in [3.05, 3.63) is 75.9 Å². The zero-order valence-electron chi connectivity index (χ0n) is 29.8. The van der Waals surface area contributed by atoms with Crippen molar-refractivity contribution >= 4 is 46.6 Å². The van der Waals surface area contributed by atoms with E-state index in [-0.39, 0.29) is 61.7 Å². The number of carbonyl (C=O) groups is 3. The average molecular weight is 760 g/mol. The minimum Gasteiger partial charge on any atom is -0.383 e. The molecule has 12 nitrogen and oxygen atoms in total. The highest BCUT2D eigenvalue weighted by atomic mass is 35.5. The van der Waals surface area contributed by atoms with E-state index in [4.69, 9.17) is 27.9 Å². The lowest BCUT2D eigenvalue weighted by Crippen LogP contribution is -2.52. The maximum atomic E-state index is 15.5. The lowest BCUT2D eigenvalue weighted by atomic mass is 10.00. The van der Waals surface area contributed by atoms with Crippen LogP contribution in [-0.4, -0.2) is 112 Å². The van der Waals surface area contributed by atoms with Gasteiger partial charge in [0.15, 0.2) is 22.6 Å². The molecule has 278 valence electrons. The second-order valence-electron chi connectivity index (χ2n) is 12.9. The van der Waals surface area contributed by atoms with E-state index >= 15 is 8.78 Å². The third-order valence-corrected chi connectivity index (χ3v) is 9.78. The zero-order valence-corrected chi connectivity index (χ0v) is 31.3. The minimum absolute atomic E-state index is 0.0156. The summed E-state index contributed by atoms with van der Waals surface area (Å²) in [5.74, 6) is -3.18. The number of nitrogens with zero attached hydrogens (tertiary/aromatic N) is 7. The number of imidazole rings is 1. The summed E-state index contributed by atoms with van der Waals surface area (Å²) in [6, 6.07) is 7.32. The molecule has 0 spiro atoms. The molecule has 1 unspecified atom stereocenters. The van der Waals surface area contributed by atoms with Gasteiger partial charge < -0.3 is 29.3 Å². The predicted molar refractivity (Wildman–Crippen MR) is 196 cm³/mol. The maximum absolute atomic E-state index is 15.5. The fourth-order valence-corrected chi connectivity index (χ4v) is 6.64. The third-order valence-electron chi connectivity index (χ3n) is 9.18. The molecule has 1 saturated heterocycles. The average Bonchev–Trinajstić information content (AvgIpc) is 3.69. The molecule has 2 aromatic heterocycles. The highest BCUT2D eigenvalue weighted by molar-refractivity contribution is 6.34. The van der Waals surface area contributed by atoms with Gasteiger partial charge in [0, 0.05) is 74.8 Å². The van der Waals surface area contributed by atoms with Crippen molar-refractivity contribution in [3.63, 3.8) is 0 Å². The molecule has 3 heterocycles. The number of carbonyl (C=O) groups excluding carboxylic acids is 3. The van der Waals surface area contributed by atoms with E-state index in [1.54, 1.807) is 11.0 Å². The number of hydrogen-bond acceptors (Lipinski definition) is 7. The smallest absolute Gasteiger partial charge is 0.291 e. The fraction of sp³-hybridized carbons (Fsp3) is 0.417. The molecule has 0 aliphatic carbocycles. The van der Waals surface area contributed by atoms with E-state index in [1.165, 1.54) is 60.1 Å². The Kier molecular flexibility index (Phi) is 12.7. The van der Waals surface area contributed by atoms with E-state index in [0.717, 1.165) is 19.4 Å². The Hall–Kier alpha value is -4.37. The van der Waals surface area contributed by atoms with E-state index in [0.29, 0.717) is 45.0 Å². The number of ether oxygens (including phenoxy) is 1. The summed E-state index contributed by atoms with van der Waals surface area (Å²) < 4.78 is 38.7. The number of aromatic nitrogens is 4. The van der Waals surface area contributed by atoms with E-state index in [1.807, 2.05) is 25.9 Å². The van der Waals surface area contributed by atoms with Crippen molar-refractivity contribution in [2.24, 2.45) is 13.0 Å². The Balaban J connectivity index is 1.23. The van der Waals surface area contributed by atoms with Crippen LogP contribution in [0.2, 0.25) is 10.2 Å². The van der Waals surface area contributed by atoms with Gasteiger partial charge in [-0.25, -0.2) is 13.8 Å². The van der Waals surface area contributed by atoms with Crippen LogP contribution in [0, 0.1) is 17.6 Å². The summed E-state index contributed by atoms with van der Waals surface area (Å²) in [5, 5.41) is 6.98. The van der Waals surface area contributed by atoms with Crippen molar-refractivity contribution < 1.29 is 27.9 Å². The van der Waals surface area contributed by atoms with Crippen LogP contribution in [0.4, 0.5) is 14.5 Å². The van der Waals surface area contributed by atoms with Gasteiger partial charge in [-0.1, -0.05) is 36.2 Å². The van der Waals surface area contributed by atoms with Crippen LogP contribution in [0.15, 0.2) is 42.7 Å². The molecule has 1 atom stereocenters. The lowest BCUT2D eigenvalue weighted by Gasteiger charge is -2.36. The Morgan fingerprint density at radius 2 is 1.67 bits per heavy atom. The van der Waals surface area contributed by atoms with E-state index < -0.39 is 17.5 Å². The van der Waals surface area contributed by atoms with Crippen molar-refractivity contribution in [2.45, 2.75) is 26.3 Å². The maximum Gasteiger partial charge on any atom is 0.291 e. The lowest BCUT2D eigenvalue weighted by molar-refractivity contribution is -0.137. The first-order chi connectivity index (χ1) is 24.8. The van der Waals surface area contributed by atoms with Gasteiger partial charge in [-0.05, 0) is 57.7 Å². The first-order valence-electron chi connectivity index (χ1n) is 16.9. The highest BCUT2D eigenvalue weighted by Gasteiger charge is 2.30. The van der Waals surface area contributed by atoms with Gasteiger partial charge in [-0.3, -0.25) is 19.1 Å². The number of methoxy groups -OCH3 is 1. The Labute approximate surface area is 311 Å². The number of rotatable bonds is 13. The van der Waals surface area contributed by atoms with Crippen LogP contribution >= 0.6 is 23.2 Å². The molecule has 0 bridgehead atoms. The van der Waals surface area contributed by atoms with Crippen LogP contribution in [-0.2, 0) is 23.1 Å². The van der Waals surface area contributed by atoms with Crippen molar-refractivity contribution in [1.29, 1.82) is 0 Å². The number of benzene rings is 2. The summed E-state index contributed by atoms with van der Waals surface area (Å²) >= 11 is 12.7. The standard InChI is InChI=1S/C36H42Cl2F2N8O4/c1-6-22(11-12-44(2)3)35(50)46-13-15-47(16-14-46)36(51)25-8-7-23(19-28(25)37)42-34(49)33-41-20-29(45(33)4)26-10-9-24(30(39)31(26)40)27-21-48(17-18-52-5)43-32(27)38/h7-10,19-22H,6,11-18H2,1-5H3,(H,42,49). The van der Waals surface area contributed by atoms with Crippen molar-refractivity contribution in [2.75, 3.05) is 65.9 Å². The number of nitrogens with one attached hydrogen (secondary N) is 1. The van der Waals surface area contributed by atoms with Crippen LogP contribution in [0.5, 0.6) is 0 Å². The number of piperazine rings is 1. The van der Waals surface area contributed by atoms with Gasteiger partial charge in [-0.15, -0.1) is 0 Å². The molecule has 0 saturated carbocycles. The van der Waals surface area contributed by atoms with Crippen molar-refractivity contribution in [3.8, 4) is 22.4 Å². The summed E-state index contributed by atoms with van der Waals surface area (Å²) in [5.41, 5.74) is 0.781. The molecule has 4 aromatic rings. The summed E-state index contributed by atoms with van der Waals surface area (Å²) in [7, 11) is 7.02. The highest BCUT2D eigenvalue weighted by Crippen LogP contribution is 2.35. The van der Waals surface area contributed by atoms with Gasteiger partial charge in [0.25, 0.3) is 11.8 Å². The Morgan fingerprint density at radius 1 is 1.00 bits per heavy atom. The van der Waals surface area contributed by atoms with Gasteiger partial charge in [-0.2, -0.15) is 5.10 Å². The molecule has 1 aliphatic heterocycles. The second kappa shape index (κ2) is 17.0. The van der Waals surface area contributed by atoms with Crippen molar-refractivity contribution in [1.82, 2.24) is 34.0 Å². The molecule has 5 rings (SSSR count). The molecular formula is C36H42Cl2F2N8O4. The summed E-state index contributed by atoms with van der Waals surface area (Å²) in [6.45, 7) is 5.24. The molecule has 1 fully saturated rings. The van der Waals surface area contributed by atoms with Crippen LogP contribution < -0.4 is 5.32 Å². The monoisotopic (exact) mass is 758 g/mol. The van der Waals surface area contributed by atoms with Crippen LogP contribution in [0.1, 0.15) is 40.7 Å². The number of anilines is 1. The number of hydrogen-bond donors (Lipinski definition) is 1.